The monoisotopic (exact) mass is 236 g/mol. The third kappa shape index (κ3) is 1.32. The molecule has 3 rings (SSSR count). The highest BCUT2D eigenvalue weighted by Crippen LogP contribution is 2.32. The van der Waals surface area contributed by atoms with Crippen LogP contribution in [0.4, 0.5) is 0 Å². The summed E-state index contributed by atoms with van der Waals surface area (Å²) in [7, 11) is 0. The second-order valence-electron chi connectivity index (χ2n) is 4.68. The van der Waals surface area contributed by atoms with E-state index in [4.69, 9.17) is 0 Å². The first-order chi connectivity index (χ1) is 7.68. The van der Waals surface area contributed by atoms with Crippen molar-refractivity contribution < 1.29 is 4.79 Å². The fourth-order valence-electron chi connectivity index (χ4n) is 2.77. The van der Waals surface area contributed by atoms with Crippen LogP contribution >= 0.6 is 12.6 Å². The Morgan fingerprint density at radius 2 is 2.25 bits per heavy atom. The molecule has 86 valence electrons. The van der Waals surface area contributed by atoms with Crippen LogP contribution in [0.25, 0.3) is 0 Å². The molecule has 3 heterocycles. The fraction of sp³-hybridized carbons (Fsp3) is 0.583. The predicted octanol–water partition coefficient (Wildman–Crippen LogP) is 2.06. The normalized spacial score (nSPS) is 20.9. The Morgan fingerprint density at radius 3 is 3.00 bits per heavy atom. The molecule has 2 aliphatic rings. The van der Waals surface area contributed by atoms with Gasteiger partial charge in [-0.1, -0.05) is 0 Å². The molecule has 0 aromatic carbocycles. The molecule has 0 bridgehead atoms. The van der Waals surface area contributed by atoms with Crippen molar-refractivity contribution in [3.63, 3.8) is 0 Å². The van der Waals surface area contributed by atoms with E-state index in [1.807, 2.05) is 18.0 Å². The highest BCUT2D eigenvalue weighted by atomic mass is 32.1. The van der Waals surface area contributed by atoms with Gasteiger partial charge in [-0.15, -0.1) is 0 Å². The van der Waals surface area contributed by atoms with E-state index in [0.29, 0.717) is 0 Å². The zero-order valence-electron chi connectivity index (χ0n) is 9.44. The number of nitrogens with zero attached hydrogens (tertiary/aromatic N) is 2. The average molecular weight is 236 g/mol. The number of aromatic nitrogens is 1. The van der Waals surface area contributed by atoms with Crippen LogP contribution in [0, 0.1) is 0 Å². The van der Waals surface area contributed by atoms with Crippen molar-refractivity contribution in [2.75, 3.05) is 0 Å². The van der Waals surface area contributed by atoms with E-state index in [9.17, 15) is 4.79 Å². The van der Waals surface area contributed by atoms with Gasteiger partial charge in [0.25, 0.3) is 5.91 Å². The Hall–Kier alpha value is -0.900. The molecule has 0 radical (unpaired) electrons. The number of aryl methyl sites for hydroxylation is 1. The van der Waals surface area contributed by atoms with Gasteiger partial charge in [0.15, 0.2) is 0 Å². The quantitative estimate of drug-likeness (QED) is 0.742. The first kappa shape index (κ1) is 10.3. The summed E-state index contributed by atoms with van der Waals surface area (Å²) in [4.78, 5) is 14.0. The summed E-state index contributed by atoms with van der Waals surface area (Å²) in [5.41, 5.74) is 3.55. The molecular weight excluding hydrogens is 220 g/mol. The number of amides is 1. The Morgan fingerprint density at radius 1 is 1.44 bits per heavy atom. The van der Waals surface area contributed by atoms with Crippen molar-refractivity contribution in [3.8, 4) is 0 Å². The molecule has 1 atom stereocenters. The minimum Gasteiger partial charge on any atom is -0.350 e. The van der Waals surface area contributed by atoms with E-state index in [2.05, 4.69) is 17.2 Å². The minimum atomic E-state index is 0.00383. The van der Waals surface area contributed by atoms with Crippen molar-refractivity contribution in [3.05, 3.63) is 23.0 Å². The molecule has 0 N–H and O–H groups in total. The average Bonchev–Trinajstić information content (AvgIpc) is 2.76. The Balaban J connectivity index is 2.02. The van der Waals surface area contributed by atoms with E-state index in [1.54, 1.807) is 0 Å². The van der Waals surface area contributed by atoms with Crippen LogP contribution in [0.15, 0.2) is 6.20 Å². The summed E-state index contributed by atoms with van der Waals surface area (Å²) in [5, 5.41) is 0.00383. The van der Waals surface area contributed by atoms with E-state index in [-0.39, 0.29) is 11.3 Å². The lowest BCUT2D eigenvalue weighted by Crippen LogP contribution is -2.30. The molecule has 1 aromatic rings. The molecule has 0 spiro atoms. The Kier molecular flexibility index (Phi) is 2.28. The molecule has 0 saturated heterocycles. The van der Waals surface area contributed by atoms with Gasteiger partial charge in [0.2, 0.25) is 0 Å². The summed E-state index contributed by atoms with van der Waals surface area (Å²) in [6.45, 7) is 3.78. The molecule has 1 aromatic heterocycles. The van der Waals surface area contributed by atoms with Gasteiger partial charge >= 0.3 is 0 Å². The smallest absolute Gasteiger partial charge is 0.256 e. The van der Waals surface area contributed by atoms with Crippen LogP contribution < -0.4 is 0 Å². The maximum absolute atomic E-state index is 12.1. The van der Waals surface area contributed by atoms with E-state index in [1.165, 1.54) is 24.1 Å². The topological polar surface area (TPSA) is 25.2 Å². The van der Waals surface area contributed by atoms with Crippen LogP contribution in [-0.4, -0.2) is 20.7 Å². The van der Waals surface area contributed by atoms with E-state index < -0.39 is 0 Å². The lowest BCUT2D eigenvalue weighted by Gasteiger charge is -2.22. The van der Waals surface area contributed by atoms with Crippen molar-refractivity contribution >= 4 is 18.5 Å². The van der Waals surface area contributed by atoms with Crippen LogP contribution in [0.5, 0.6) is 0 Å². The molecular formula is C12H16N2OS. The van der Waals surface area contributed by atoms with Gasteiger partial charge in [0.1, 0.15) is 0 Å². The third-order valence-corrected chi connectivity index (χ3v) is 3.92. The van der Waals surface area contributed by atoms with Crippen molar-refractivity contribution in [1.82, 2.24) is 9.47 Å². The van der Waals surface area contributed by atoms with Crippen LogP contribution in [0.2, 0.25) is 0 Å². The number of carbonyl (C=O) groups excluding carboxylic acids is 1. The molecule has 1 amide bonds. The lowest BCUT2D eigenvalue weighted by molar-refractivity contribution is 0.0769. The molecule has 16 heavy (non-hydrogen) atoms. The molecule has 0 aliphatic carbocycles. The number of thiol groups is 1. The zero-order chi connectivity index (χ0) is 11.3. The summed E-state index contributed by atoms with van der Waals surface area (Å²) in [6, 6.07) is 0. The molecule has 0 saturated carbocycles. The second-order valence-corrected chi connectivity index (χ2v) is 5.43. The Labute approximate surface area is 101 Å². The summed E-state index contributed by atoms with van der Waals surface area (Å²) >= 11 is 4.36. The van der Waals surface area contributed by atoms with Crippen molar-refractivity contribution in [2.45, 2.75) is 44.6 Å². The summed E-state index contributed by atoms with van der Waals surface area (Å²) in [6.07, 6.45) is 5.65. The highest BCUT2D eigenvalue weighted by molar-refractivity contribution is 7.80. The molecule has 4 heteroatoms. The van der Waals surface area contributed by atoms with Gasteiger partial charge in [0.05, 0.1) is 10.9 Å². The number of carbonyl (C=O) groups is 1. The SMILES string of the molecule is CC(S)N1Cc2c(cn3c2CCCC3)C1=O. The zero-order valence-corrected chi connectivity index (χ0v) is 10.3. The molecule has 3 nitrogen and oxygen atoms in total. The Bertz CT molecular complexity index is 450. The number of hydrogen-bond donors (Lipinski definition) is 1. The maximum Gasteiger partial charge on any atom is 0.256 e. The van der Waals surface area contributed by atoms with Gasteiger partial charge < -0.3 is 9.47 Å². The van der Waals surface area contributed by atoms with Gasteiger partial charge in [-0.05, 0) is 26.2 Å². The maximum atomic E-state index is 12.1. The molecule has 1 unspecified atom stereocenters. The van der Waals surface area contributed by atoms with Gasteiger partial charge in [-0.25, -0.2) is 0 Å². The lowest BCUT2D eigenvalue weighted by atomic mass is 10.1. The molecule has 2 aliphatic heterocycles. The minimum absolute atomic E-state index is 0.00383. The first-order valence-electron chi connectivity index (χ1n) is 5.88. The van der Waals surface area contributed by atoms with Gasteiger partial charge in [-0.3, -0.25) is 4.79 Å². The number of hydrogen-bond acceptors (Lipinski definition) is 2. The van der Waals surface area contributed by atoms with E-state index in [0.717, 1.165) is 25.1 Å². The second kappa shape index (κ2) is 3.55. The van der Waals surface area contributed by atoms with Crippen molar-refractivity contribution in [1.29, 1.82) is 0 Å². The predicted molar refractivity (Wildman–Crippen MR) is 65.7 cm³/mol. The summed E-state index contributed by atoms with van der Waals surface area (Å²) in [5.74, 6) is 0.152. The fourth-order valence-corrected chi connectivity index (χ4v) is 2.95. The van der Waals surface area contributed by atoms with Gasteiger partial charge in [0, 0.05) is 30.5 Å². The number of rotatable bonds is 1. The molecule has 0 fully saturated rings. The number of fused-ring (bicyclic) bond motifs is 3. The highest BCUT2D eigenvalue weighted by Gasteiger charge is 2.34. The largest absolute Gasteiger partial charge is 0.350 e. The first-order valence-corrected chi connectivity index (χ1v) is 6.40. The van der Waals surface area contributed by atoms with Crippen LogP contribution in [-0.2, 0) is 19.5 Å². The van der Waals surface area contributed by atoms with Crippen LogP contribution in [0.1, 0.15) is 41.4 Å². The van der Waals surface area contributed by atoms with Crippen LogP contribution in [0.3, 0.4) is 0 Å². The summed E-state index contributed by atoms with van der Waals surface area (Å²) < 4.78 is 2.27. The van der Waals surface area contributed by atoms with Crippen molar-refractivity contribution in [2.24, 2.45) is 0 Å². The third-order valence-electron chi connectivity index (χ3n) is 3.64. The van der Waals surface area contributed by atoms with E-state index >= 15 is 0 Å². The van der Waals surface area contributed by atoms with Gasteiger partial charge in [-0.2, -0.15) is 12.6 Å². The standard InChI is InChI=1S/C12H16N2OS/c1-8(16)14-7-9-10(12(14)15)6-13-5-3-2-4-11(9)13/h6,8,16H,2-5,7H2,1H3.